The first kappa shape index (κ1) is 12.5. The summed E-state index contributed by atoms with van der Waals surface area (Å²) in [5.41, 5.74) is 1.74. The van der Waals surface area contributed by atoms with Gasteiger partial charge in [-0.1, -0.05) is 0 Å². The van der Waals surface area contributed by atoms with Crippen molar-refractivity contribution in [3.05, 3.63) is 34.8 Å². The van der Waals surface area contributed by atoms with E-state index in [1.54, 1.807) is 23.6 Å². The molecule has 0 fully saturated rings. The van der Waals surface area contributed by atoms with Crippen LogP contribution in [0.25, 0.3) is 11.4 Å². The molecule has 0 aromatic carbocycles. The van der Waals surface area contributed by atoms with Crippen LogP contribution in [-0.2, 0) is 17.9 Å². The van der Waals surface area contributed by atoms with Gasteiger partial charge < -0.3 is 5.32 Å². The number of carbonyl (C=O) groups is 1. The third-order valence-electron chi connectivity index (χ3n) is 2.55. The van der Waals surface area contributed by atoms with Crippen molar-refractivity contribution >= 4 is 17.2 Å². The van der Waals surface area contributed by atoms with E-state index >= 15 is 0 Å². The molecule has 0 aliphatic heterocycles. The number of thiophene rings is 1. The minimum Gasteiger partial charge on any atom is -0.349 e. The number of carbonyl (C=O) groups excluding carboxylic acids is 1. The summed E-state index contributed by atoms with van der Waals surface area (Å²) >= 11 is 1.56. The fourth-order valence-corrected chi connectivity index (χ4v) is 2.21. The Labute approximate surface area is 117 Å². The van der Waals surface area contributed by atoms with Crippen LogP contribution in [0.5, 0.6) is 0 Å². The molecule has 2 N–H and O–H groups in total. The molecule has 102 valence electrons. The van der Waals surface area contributed by atoms with Crippen molar-refractivity contribution in [3.8, 4) is 11.4 Å². The van der Waals surface area contributed by atoms with Crippen LogP contribution in [0.2, 0.25) is 0 Å². The molecule has 3 aromatic heterocycles. The van der Waals surface area contributed by atoms with Crippen LogP contribution in [0.1, 0.15) is 5.69 Å². The van der Waals surface area contributed by atoms with E-state index in [4.69, 9.17) is 0 Å². The van der Waals surface area contributed by atoms with Crippen molar-refractivity contribution in [3.63, 3.8) is 0 Å². The van der Waals surface area contributed by atoms with Gasteiger partial charge in [0.25, 0.3) is 0 Å². The molecule has 0 saturated carbocycles. The lowest BCUT2D eigenvalue weighted by molar-refractivity contribution is -0.122. The highest BCUT2D eigenvalue weighted by Gasteiger charge is 2.09. The van der Waals surface area contributed by atoms with E-state index < -0.39 is 0 Å². The van der Waals surface area contributed by atoms with Crippen molar-refractivity contribution < 1.29 is 4.79 Å². The van der Waals surface area contributed by atoms with Crippen LogP contribution in [0.4, 0.5) is 0 Å². The maximum atomic E-state index is 11.7. The zero-order valence-corrected chi connectivity index (χ0v) is 11.2. The van der Waals surface area contributed by atoms with Crippen molar-refractivity contribution in [1.82, 2.24) is 35.7 Å². The lowest BCUT2D eigenvalue weighted by atomic mass is 10.3. The van der Waals surface area contributed by atoms with Gasteiger partial charge in [-0.3, -0.25) is 9.89 Å². The smallest absolute Gasteiger partial charge is 0.243 e. The summed E-state index contributed by atoms with van der Waals surface area (Å²) in [4.78, 5) is 13.0. The van der Waals surface area contributed by atoms with Crippen molar-refractivity contribution in [1.29, 1.82) is 0 Å². The second kappa shape index (κ2) is 5.61. The lowest BCUT2D eigenvalue weighted by Gasteiger charge is -2.01. The summed E-state index contributed by atoms with van der Waals surface area (Å²) in [5.74, 6) is 0.335. The maximum Gasteiger partial charge on any atom is 0.243 e. The molecule has 8 nitrogen and oxygen atoms in total. The van der Waals surface area contributed by atoms with Crippen molar-refractivity contribution in [2.45, 2.75) is 13.1 Å². The molecule has 3 aromatic rings. The van der Waals surface area contributed by atoms with Crippen LogP contribution in [0, 0.1) is 0 Å². The molecule has 9 heteroatoms. The predicted octanol–water partition coefficient (Wildman–Crippen LogP) is 0.441. The van der Waals surface area contributed by atoms with Gasteiger partial charge in [-0.2, -0.15) is 21.2 Å². The van der Waals surface area contributed by atoms with Crippen LogP contribution in [0.15, 0.2) is 29.1 Å². The van der Waals surface area contributed by atoms with Gasteiger partial charge in [-0.25, -0.2) is 0 Å². The Bertz CT molecular complexity index is 674. The van der Waals surface area contributed by atoms with E-state index in [2.05, 4.69) is 30.9 Å². The number of hydrogen-bond donors (Lipinski definition) is 2. The van der Waals surface area contributed by atoms with Gasteiger partial charge in [0.15, 0.2) is 0 Å². The molecule has 0 atom stereocenters. The number of aromatic amines is 1. The Balaban J connectivity index is 1.56. The average Bonchev–Trinajstić information content (AvgIpc) is 3.18. The van der Waals surface area contributed by atoms with E-state index in [-0.39, 0.29) is 12.5 Å². The van der Waals surface area contributed by atoms with Gasteiger partial charge in [-0.05, 0) is 22.7 Å². The Morgan fingerprint density at radius 3 is 3.15 bits per heavy atom. The summed E-state index contributed by atoms with van der Waals surface area (Å²) in [5, 5.41) is 25.1. The number of nitrogens with one attached hydrogen (secondary N) is 2. The summed E-state index contributed by atoms with van der Waals surface area (Å²) < 4.78 is 0. The second-order valence-electron chi connectivity index (χ2n) is 4.01. The summed E-state index contributed by atoms with van der Waals surface area (Å²) in [6, 6.07) is 3.70. The number of amides is 1. The SMILES string of the molecule is O=C(Cn1nnc(-c2ccsc2)n1)NCc1ccn[nH]1. The van der Waals surface area contributed by atoms with E-state index in [9.17, 15) is 4.79 Å². The predicted molar refractivity (Wildman–Crippen MR) is 71.6 cm³/mol. The fraction of sp³-hybridized carbons (Fsp3) is 0.182. The molecule has 0 aliphatic carbocycles. The van der Waals surface area contributed by atoms with E-state index in [1.165, 1.54) is 4.80 Å². The quantitative estimate of drug-likeness (QED) is 0.709. The Hall–Kier alpha value is -2.55. The highest BCUT2D eigenvalue weighted by Crippen LogP contribution is 2.16. The molecular weight excluding hydrogens is 278 g/mol. The third-order valence-corrected chi connectivity index (χ3v) is 3.23. The summed E-state index contributed by atoms with van der Waals surface area (Å²) in [7, 11) is 0. The minimum absolute atomic E-state index is 0.0330. The zero-order chi connectivity index (χ0) is 13.8. The molecule has 3 rings (SSSR count). The van der Waals surface area contributed by atoms with Crippen LogP contribution < -0.4 is 5.32 Å². The zero-order valence-electron chi connectivity index (χ0n) is 10.4. The van der Waals surface area contributed by atoms with Crippen molar-refractivity contribution in [2.24, 2.45) is 0 Å². The van der Waals surface area contributed by atoms with Crippen LogP contribution >= 0.6 is 11.3 Å². The van der Waals surface area contributed by atoms with Gasteiger partial charge in [0.1, 0.15) is 6.54 Å². The number of aromatic nitrogens is 6. The maximum absolute atomic E-state index is 11.7. The van der Waals surface area contributed by atoms with Crippen LogP contribution in [0.3, 0.4) is 0 Å². The van der Waals surface area contributed by atoms with Gasteiger partial charge in [0, 0.05) is 17.1 Å². The molecule has 0 saturated heterocycles. The number of nitrogens with zero attached hydrogens (tertiary/aromatic N) is 5. The molecule has 0 spiro atoms. The van der Waals surface area contributed by atoms with E-state index in [1.807, 2.05) is 16.8 Å². The normalized spacial score (nSPS) is 10.6. The molecule has 0 radical (unpaired) electrons. The standard InChI is InChI=1S/C11H11N7OS/c19-10(12-5-9-1-3-13-14-9)6-18-16-11(15-17-18)8-2-4-20-7-8/h1-4,7H,5-6H2,(H,12,19)(H,13,14). The number of rotatable bonds is 5. The molecule has 0 aliphatic rings. The Morgan fingerprint density at radius 1 is 1.45 bits per heavy atom. The number of H-pyrrole nitrogens is 1. The molecular formula is C11H11N7OS. The molecule has 0 bridgehead atoms. The highest BCUT2D eigenvalue weighted by atomic mass is 32.1. The van der Waals surface area contributed by atoms with Gasteiger partial charge in [0.2, 0.25) is 11.7 Å². The first-order valence-electron chi connectivity index (χ1n) is 5.86. The Morgan fingerprint density at radius 2 is 2.40 bits per heavy atom. The molecule has 3 heterocycles. The summed E-state index contributed by atoms with van der Waals surface area (Å²) in [6.45, 7) is 0.427. The van der Waals surface area contributed by atoms with E-state index in [0.29, 0.717) is 12.4 Å². The van der Waals surface area contributed by atoms with Gasteiger partial charge in [-0.15, -0.1) is 10.2 Å². The topological polar surface area (TPSA) is 101 Å². The van der Waals surface area contributed by atoms with Crippen molar-refractivity contribution in [2.75, 3.05) is 0 Å². The first-order chi connectivity index (χ1) is 9.81. The van der Waals surface area contributed by atoms with E-state index in [0.717, 1.165) is 11.3 Å². The first-order valence-corrected chi connectivity index (χ1v) is 6.81. The molecule has 0 unspecified atom stereocenters. The molecule has 1 amide bonds. The van der Waals surface area contributed by atoms with Gasteiger partial charge in [0.05, 0.1) is 12.2 Å². The number of tetrazole rings is 1. The summed E-state index contributed by atoms with van der Waals surface area (Å²) in [6.07, 6.45) is 1.63. The lowest BCUT2D eigenvalue weighted by Crippen LogP contribution is -2.28. The highest BCUT2D eigenvalue weighted by molar-refractivity contribution is 7.08. The minimum atomic E-state index is -0.186. The largest absolute Gasteiger partial charge is 0.349 e. The van der Waals surface area contributed by atoms with Crippen LogP contribution in [-0.4, -0.2) is 36.3 Å². The Kier molecular flexibility index (Phi) is 3.50. The second-order valence-corrected chi connectivity index (χ2v) is 4.79. The average molecular weight is 289 g/mol. The van der Waals surface area contributed by atoms with Gasteiger partial charge >= 0.3 is 0 Å². The molecule has 20 heavy (non-hydrogen) atoms. The number of hydrogen-bond acceptors (Lipinski definition) is 6. The third kappa shape index (κ3) is 2.88. The fourth-order valence-electron chi connectivity index (χ4n) is 1.58. The monoisotopic (exact) mass is 289 g/mol.